The fraction of sp³-hybridized carbons (Fsp3) is 0.150. The van der Waals surface area contributed by atoms with Crippen molar-refractivity contribution in [2.75, 3.05) is 30.9 Å². The van der Waals surface area contributed by atoms with Crippen LogP contribution in [0.2, 0.25) is 0 Å². The van der Waals surface area contributed by atoms with Crippen molar-refractivity contribution < 1.29 is 9.47 Å². The minimum absolute atomic E-state index is 0.563. The molecule has 4 aromatic rings. The molecule has 0 aliphatic carbocycles. The summed E-state index contributed by atoms with van der Waals surface area (Å²) < 4.78 is 11.1. The van der Waals surface area contributed by atoms with Crippen LogP contribution in [-0.4, -0.2) is 40.4 Å². The van der Waals surface area contributed by atoms with Gasteiger partial charge in [-0.1, -0.05) is 12.1 Å². The first kappa shape index (κ1) is 16.4. The van der Waals surface area contributed by atoms with Crippen LogP contribution >= 0.6 is 0 Å². The highest BCUT2D eigenvalue weighted by atomic mass is 16.5. The molecule has 1 aliphatic rings. The SMILES string of the molecule is COc1ccccc1-c1nc(Nc2ccc3c(c2)NCCO3)c2[nH]ncc2n1. The van der Waals surface area contributed by atoms with Gasteiger partial charge in [0.05, 0.1) is 24.6 Å². The first-order valence-corrected chi connectivity index (χ1v) is 8.94. The summed E-state index contributed by atoms with van der Waals surface area (Å²) in [7, 11) is 1.64. The van der Waals surface area contributed by atoms with E-state index in [1.165, 1.54) is 0 Å². The summed E-state index contributed by atoms with van der Waals surface area (Å²) in [5.41, 5.74) is 4.11. The van der Waals surface area contributed by atoms with E-state index < -0.39 is 0 Å². The molecule has 5 rings (SSSR count). The van der Waals surface area contributed by atoms with E-state index in [0.717, 1.165) is 40.3 Å². The summed E-state index contributed by atoms with van der Waals surface area (Å²) >= 11 is 0. The van der Waals surface area contributed by atoms with Crippen molar-refractivity contribution in [3.63, 3.8) is 0 Å². The van der Waals surface area contributed by atoms with Crippen molar-refractivity contribution in [3.05, 3.63) is 48.7 Å². The average Bonchev–Trinajstić information content (AvgIpc) is 3.22. The van der Waals surface area contributed by atoms with Crippen LogP contribution in [0.4, 0.5) is 17.2 Å². The molecule has 140 valence electrons. The monoisotopic (exact) mass is 374 g/mol. The van der Waals surface area contributed by atoms with Gasteiger partial charge in [-0.3, -0.25) is 5.10 Å². The number of benzene rings is 2. The number of fused-ring (bicyclic) bond motifs is 2. The van der Waals surface area contributed by atoms with Crippen LogP contribution in [0.25, 0.3) is 22.4 Å². The van der Waals surface area contributed by atoms with Gasteiger partial charge in [-0.05, 0) is 30.3 Å². The molecule has 8 heteroatoms. The van der Waals surface area contributed by atoms with Crippen LogP contribution in [0.15, 0.2) is 48.7 Å². The van der Waals surface area contributed by atoms with Gasteiger partial charge in [0.25, 0.3) is 0 Å². The highest BCUT2D eigenvalue weighted by molar-refractivity contribution is 5.89. The van der Waals surface area contributed by atoms with Crippen molar-refractivity contribution in [2.45, 2.75) is 0 Å². The second kappa shape index (κ2) is 6.73. The van der Waals surface area contributed by atoms with Crippen molar-refractivity contribution in [1.82, 2.24) is 20.2 Å². The molecule has 0 radical (unpaired) electrons. The molecule has 2 aromatic carbocycles. The lowest BCUT2D eigenvalue weighted by molar-refractivity contribution is 0.323. The predicted molar refractivity (Wildman–Crippen MR) is 107 cm³/mol. The third-order valence-electron chi connectivity index (χ3n) is 4.57. The summed E-state index contributed by atoms with van der Waals surface area (Å²) in [6.07, 6.45) is 1.68. The number of methoxy groups -OCH3 is 1. The zero-order chi connectivity index (χ0) is 18.9. The third-order valence-corrected chi connectivity index (χ3v) is 4.57. The van der Waals surface area contributed by atoms with Crippen molar-refractivity contribution in [1.29, 1.82) is 0 Å². The lowest BCUT2D eigenvalue weighted by Gasteiger charge is -2.20. The number of hydrogen-bond acceptors (Lipinski definition) is 7. The number of nitrogens with zero attached hydrogens (tertiary/aromatic N) is 3. The van der Waals surface area contributed by atoms with Crippen molar-refractivity contribution >= 4 is 28.2 Å². The molecule has 0 unspecified atom stereocenters. The zero-order valence-corrected chi connectivity index (χ0v) is 15.2. The van der Waals surface area contributed by atoms with Gasteiger partial charge in [0, 0.05) is 12.2 Å². The highest BCUT2D eigenvalue weighted by Crippen LogP contribution is 2.34. The summed E-state index contributed by atoms with van der Waals surface area (Å²) in [6.45, 7) is 1.45. The molecule has 8 nitrogen and oxygen atoms in total. The van der Waals surface area contributed by atoms with E-state index >= 15 is 0 Å². The first-order chi connectivity index (χ1) is 13.8. The van der Waals surface area contributed by atoms with E-state index in [9.17, 15) is 0 Å². The minimum Gasteiger partial charge on any atom is -0.496 e. The molecule has 1 aliphatic heterocycles. The molecule has 3 heterocycles. The summed E-state index contributed by atoms with van der Waals surface area (Å²) in [5.74, 6) is 2.76. The van der Waals surface area contributed by atoms with Crippen molar-refractivity contribution in [2.24, 2.45) is 0 Å². The lowest BCUT2D eigenvalue weighted by atomic mass is 10.2. The third kappa shape index (κ3) is 2.84. The maximum absolute atomic E-state index is 5.64. The Labute approximate surface area is 160 Å². The van der Waals surface area contributed by atoms with Gasteiger partial charge in [-0.15, -0.1) is 0 Å². The number of nitrogens with one attached hydrogen (secondary N) is 3. The normalized spacial score (nSPS) is 12.8. The van der Waals surface area contributed by atoms with E-state index in [2.05, 4.69) is 25.8 Å². The van der Waals surface area contributed by atoms with Gasteiger partial charge in [0.15, 0.2) is 11.6 Å². The zero-order valence-electron chi connectivity index (χ0n) is 15.2. The fourth-order valence-corrected chi connectivity index (χ4v) is 3.24. The second-order valence-corrected chi connectivity index (χ2v) is 6.34. The number of anilines is 3. The number of rotatable bonds is 4. The maximum atomic E-state index is 5.64. The lowest BCUT2D eigenvalue weighted by Crippen LogP contribution is -2.17. The van der Waals surface area contributed by atoms with E-state index in [4.69, 9.17) is 14.5 Å². The largest absolute Gasteiger partial charge is 0.496 e. The van der Waals surface area contributed by atoms with Gasteiger partial charge in [-0.25, -0.2) is 9.97 Å². The second-order valence-electron chi connectivity index (χ2n) is 6.34. The first-order valence-electron chi connectivity index (χ1n) is 8.94. The van der Waals surface area contributed by atoms with Gasteiger partial charge < -0.3 is 20.1 Å². The smallest absolute Gasteiger partial charge is 0.166 e. The molecule has 0 atom stereocenters. The Hall–Kier alpha value is -3.81. The number of aromatic nitrogens is 4. The quantitative estimate of drug-likeness (QED) is 0.502. The molecular weight excluding hydrogens is 356 g/mol. The molecular formula is C20H18N6O2. The number of hydrogen-bond donors (Lipinski definition) is 3. The molecule has 0 fully saturated rings. The average molecular weight is 374 g/mol. The molecule has 2 aromatic heterocycles. The van der Waals surface area contributed by atoms with Crippen LogP contribution in [-0.2, 0) is 0 Å². The van der Waals surface area contributed by atoms with Crippen LogP contribution < -0.4 is 20.1 Å². The van der Waals surface area contributed by atoms with Crippen LogP contribution in [0.1, 0.15) is 0 Å². The molecule has 3 N–H and O–H groups in total. The number of para-hydroxylation sites is 1. The summed E-state index contributed by atoms with van der Waals surface area (Å²) in [6, 6.07) is 13.6. The highest BCUT2D eigenvalue weighted by Gasteiger charge is 2.15. The molecule has 0 saturated carbocycles. The molecule has 0 amide bonds. The van der Waals surface area contributed by atoms with Gasteiger partial charge in [0.1, 0.15) is 29.1 Å². The molecule has 28 heavy (non-hydrogen) atoms. The van der Waals surface area contributed by atoms with E-state index in [-0.39, 0.29) is 0 Å². The predicted octanol–water partition coefficient (Wildman–Crippen LogP) is 3.58. The van der Waals surface area contributed by atoms with Gasteiger partial charge >= 0.3 is 0 Å². The van der Waals surface area contributed by atoms with E-state index in [1.807, 2.05) is 42.5 Å². The number of H-pyrrole nitrogens is 1. The van der Waals surface area contributed by atoms with Crippen molar-refractivity contribution in [3.8, 4) is 22.9 Å². The van der Waals surface area contributed by atoms with Gasteiger partial charge in [0.2, 0.25) is 0 Å². The minimum atomic E-state index is 0.563. The molecule has 0 bridgehead atoms. The number of ether oxygens (including phenoxy) is 2. The molecule has 0 spiro atoms. The Balaban J connectivity index is 1.58. The Kier molecular flexibility index (Phi) is 3.93. The van der Waals surface area contributed by atoms with E-state index in [1.54, 1.807) is 13.3 Å². The Morgan fingerprint density at radius 3 is 3.00 bits per heavy atom. The summed E-state index contributed by atoms with van der Waals surface area (Å²) in [4.78, 5) is 9.36. The Morgan fingerprint density at radius 2 is 2.07 bits per heavy atom. The maximum Gasteiger partial charge on any atom is 0.166 e. The Bertz CT molecular complexity index is 1160. The van der Waals surface area contributed by atoms with Crippen LogP contribution in [0.5, 0.6) is 11.5 Å². The Morgan fingerprint density at radius 1 is 1.14 bits per heavy atom. The van der Waals surface area contributed by atoms with Crippen LogP contribution in [0.3, 0.4) is 0 Å². The number of aromatic amines is 1. The fourth-order valence-electron chi connectivity index (χ4n) is 3.24. The van der Waals surface area contributed by atoms with E-state index in [0.29, 0.717) is 24.0 Å². The molecule has 0 saturated heterocycles. The summed E-state index contributed by atoms with van der Waals surface area (Å²) in [5, 5.41) is 13.8. The standard InChI is InChI=1S/C20H18N6O2/c1-27-16-5-3-2-4-13(16)19-24-15-11-22-26-18(15)20(25-19)23-12-6-7-17-14(10-12)21-8-9-28-17/h2-7,10-11,21H,8-9H2,1H3,(H,22,26)(H,23,24,25). The van der Waals surface area contributed by atoms with Crippen LogP contribution in [0, 0.1) is 0 Å². The van der Waals surface area contributed by atoms with Gasteiger partial charge in [-0.2, -0.15) is 5.10 Å². The topological polar surface area (TPSA) is 97.0 Å².